The van der Waals surface area contributed by atoms with E-state index in [1.165, 1.54) is 5.56 Å². The van der Waals surface area contributed by atoms with Gasteiger partial charge >= 0.3 is 0 Å². The van der Waals surface area contributed by atoms with Crippen molar-refractivity contribution in [2.24, 2.45) is 29.1 Å². The molecule has 0 aromatic heterocycles. The van der Waals surface area contributed by atoms with E-state index < -0.39 is 5.41 Å². The fraction of sp³-hybridized carbons (Fsp3) is 0.667. The van der Waals surface area contributed by atoms with Crippen LogP contribution in [0.1, 0.15) is 69.1 Å². The summed E-state index contributed by atoms with van der Waals surface area (Å²) in [7, 11) is 0. The average Bonchev–Trinajstić information content (AvgIpc) is 2.90. The number of phenols is 1. The van der Waals surface area contributed by atoms with Crippen molar-refractivity contribution < 1.29 is 14.7 Å². The molecule has 6 atom stereocenters. The number of hydrogen-bond acceptors (Lipinski definition) is 3. The van der Waals surface area contributed by atoms with Crippen LogP contribution < -0.4 is 0 Å². The van der Waals surface area contributed by atoms with Crippen LogP contribution in [0, 0.1) is 36.0 Å². The number of Topliss-reactive ketones (excluding diaryl/α,β-unsaturated/α-hetero) is 2. The number of hydrogen-bond donors (Lipinski definition) is 1. The Morgan fingerprint density at radius 3 is 2.59 bits per heavy atom. The second-order valence-corrected chi connectivity index (χ2v) is 10.3. The Morgan fingerprint density at radius 2 is 1.81 bits per heavy atom. The van der Waals surface area contributed by atoms with Gasteiger partial charge in [0, 0.05) is 24.8 Å². The van der Waals surface area contributed by atoms with Crippen LogP contribution in [0.2, 0.25) is 0 Å². The summed E-state index contributed by atoms with van der Waals surface area (Å²) in [4.78, 5) is 25.6. The maximum atomic E-state index is 13.6. The third kappa shape index (κ3) is 2.14. The molecule has 3 saturated carbocycles. The van der Waals surface area contributed by atoms with Crippen molar-refractivity contribution in [3.8, 4) is 5.75 Å². The number of carbonyl (C=O) groups excluding carboxylic acids is 2. The van der Waals surface area contributed by atoms with Crippen molar-refractivity contribution in [1.82, 2.24) is 0 Å². The number of aryl methyl sites for hydroxylation is 1. The van der Waals surface area contributed by atoms with Gasteiger partial charge in [-0.25, -0.2) is 0 Å². The molecule has 1 aromatic carbocycles. The van der Waals surface area contributed by atoms with Crippen LogP contribution in [0.3, 0.4) is 0 Å². The summed E-state index contributed by atoms with van der Waals surface area (Å²) < 4.78 is 0. The van der Waals surface area contributed by atoms with Crippen LogP contribution in [-0.2, 0) is 21.4 Å². The molecule has 5 rings (SSSR count). The largest absolute Gasteiger partial charge is 0.508 e. The van der Waals surface area contributed by atoms with Crippen molar-refractivity contribution in [2.45, 2.75) is 71.1 Å². The molecule has 4 aliphatic carbocycles. The molecule has 0 amide bonds. The Bertz CT molecular complexity index is 855. The Hall–Kier alpha value is -1.64. The molecule has 0 spiro atoms. The van der Waals surface area contributed by atoms with Crippen molar-refractivity contribution in [3.63, 3.8) is 0 Å². The Labute approximate surface area is 161 Å². The van der Waals surface area contributed by atoms with E-state index in [0.717, 1.165) is 43.2 Å². The van der Waals surface area contributed by atoms with Crippen molar-refractivity contribution in [3.05, 3.63) is 28.8 Å². The third-order valence-corrected chi connectivity index (χ3v) is 9.11. The normalized spacial score (nSPS) is 42.9. The van der Waals surface area contributed by atoms with Gasteiger partial charge in [-0.3, -0.25) is 9.59 Å². The maximum absolute atomic E-state index is 13.6. The van der Waals surface area contributed by atoms with E-state index in [0.29, 0.717) is 53.8 Å². The molecule has 27 heavy (non-hydrogen) atoms. The van der Waals surface area contributed by atoms with Gasteiger partial charge in [-0.2, -0.15) is 0 Å². The lowest BCUT2D eigenvalue weighted by Crippen LogP contribution is -2.57. The first-order valence-corrected chi connectivity index (χ1v) is 10.6. The van der Waals surface area contributed by atoms with Crippen LogP contribution in [0.25, 0.3) is 0 Å². The van der Waals surface area contributed by atoms with E-state index in [1.54, 1.807) is 0 Å². The summed E-state index contributed by atoms with van der Waals surface area (Å²) in [6.45, 7) is 6.47. The number of ketones is 2. The Morgan fingerprint density at radius 1 is 1.04 bits per heavy atom. The summed E-state index contributed by atoms with van der Waals surface area (Å²) >= 11 is 0. The molecule has 0 heterocycles. The van der Waals surface area contributed by atoms with Gasteiger partial charge in [0.05, 0.1) is 5.41 Å². The molecule has 3 fully saturated rings. The van der Waals surface area contributed by atoms with Crippen LogP contribution in [0.5, 0.6) is 5.75 Å². The maximum Gasteiger partial charge on any atom is 0.143 e. The molecular formula is C24H30O3. The number of phenolic OH excluding ortho intramolecular Hbond substituents is 1. The summed E-state index contributed by atoms with van der Waals surface area (Å²) in [5.41, 5.74) is 2.74. The summed E-state index contributed by atoms with van der Waals surface area (Å²) in [5.74, 6) is 2.70. The fourth-order valence-electron chi connectivity index (χ4n) is 7.66. The quantitative estimate of drug-likeness (QED) is 0.735. The molecule has 1 aromatic rings. The molecule has 3 heteroatoms. The summed E-state index contributed by atoms with van der Waals surface area (Å²) in [5, 5.41) is 10.7. The van der Waals surface area contributed by atoms with Gasteiger partial charge in [0.2, 0.25) is 0 Å². The number of rotatable bonds is 0. The fourth-order valence-corrected chi connectivity index (χ4v) is 7.66. The number of benzene rings is 1. The van der Waals surface area contributed by atoms with E-state index in [2.05, 4.69) is 19.9 Å². The molecule has 0 aliphatic heterocycles. The van der Waals surface area contributed by atoms with Crippen molar-refractivity contribution in [1.29, 1.82) is 0 Å². The van der Waals surface area contributed by atoms with Gasteiger partial charge in [-0.15, -0.1) is 0 Å². The first-order valence-electron chi connectivity index (χ1n) is 10.6. The highest BCUT2D eigenvalue weighted by Crippen LogP contribution is 2.65. The second kappa shape index (κ2) is 5.46. The highest BCUT2D eigenvalue weighted by Gasteiger charge is 2.62. The molecule has 0 saturated heterocycles. The molecule has 0 radical (unpaired) electrons. The number of carbonyl (C=O) groups is 2. The monoisotopic (exact) mass is 366 g/mol. The predicted octanol–water partition coefficient (Wildman–Crippen LogP) is 4.51. The Balaban J connectivity index is 1.58. The minimum atomic E-state index is -0.540. The highest BCUT2D eigenvalue weighted by atomic mass is 16.3. The molecule has 0 unspecified atom stereocenters. The van der Waals surface area contributed by atoms with Crippen LogP contribution in [0.4, 0.5) is 0 Å². The van der Waals surface area contributed by atoms with Crippen molar-refractivity contribution in [2.75, 3.05) is 0 Å². The third-order valence-electron chi connectivity index (χ3n) is 9.11. The van der Waals surface area contributed by atoms with E-state index in [9.17, 15) is 14.7 Å². The lowest BCUT2D eigenvalue weighted by Gasteiger charge is -2.59. The summed E-state index contributed by atoms with van der Waals surface area (Å²) in [6, 6.07) is 3.99. The molecule has 1 N–H and O–H groups in total. The minimum Gasteiger partial charge on any atom is -0.508 e. The SMILES string of the molecule is Cc1cc(O)c2c(c1)C[C@H]1[C@@H]3CC[C@H]4CC(=O)CC[C@]4(C)[C@H]3CC(=O)[C@]21C. The topological polar surface area (TPSA) is 54.4 Å². The molecule has 0 bridgehead atoms. The van der Waals surface area contributed by atoms with Crippen LogP contribution in [-0.4, -0.2) is 16.7 Å². The smallest absolute Gasteiger partial charge is 0.143 e. The van der Waals surface area contributed by atoms with E-state index in [1.807, 2.05) is 13.0 Å². The lowest BCUT2D eigenvalue weighted by atomic mass is 9.44. The van der Waals surface area contributed by atoms with Gasteiger partial charge in [0.25, 0.3) is 0 Å². The molecule has 3 nitrogen and oxygen atoms in total. The van der Waals surface area contributed by atoms with Crippen LogP contribution in [0.15, 0.2) is 12.1 Å². The van der Waals surface area contributed by atoms with Crippen LogP contribution >= 0.6 is 0 Å². The first kappa shape index (κ1) is 17.5. The van der Waals surface area contributed by atoms with E-state index in [-0.39, 0.29) is 5.41 Å². The molecule has 4 aliphatic rings. The molecule has 144 valence electrons. The number of aromatic hydroxyl groups is 1. The second-order valence-electron chi connectivity index (χ2n) is 10.3. The first-order chi connectivity index (χ1) is 12.7. The van der Waals surface area contributed by atoms with Gasteiger partial charge in [0.1, 0.15) is 17.3 Å². The van der Waals surface area contributed by atoms with E-state index >= 15 is 0 Å². The van der Waals surface area contributed by atoms with Gasteiger partial charge in [-0.1, -0.05) is 13.0 Å². The highest BCUT2D eigenvalue weighted by molar-refractivity contribution is 5.94. The van der Waals surface area contributed by atoms with Gasteiger partial charge < -0.3 is 5.11 Å². The Kier molecular flexibility index (Phi) is 3.53. The molecular weight excluding hydrogens is 336 g/mol. The van der Waals surface area contributed by atoms with Gasteiger partial charge in [-0.05, 0) is 85.8 Å². The van der Waals surface area contributed by atoms with Gasteiger partial charge in [0.15, 0.2) is 0 Å². The zero-order chi connectivity index (χ0) is 19.1. The van der Waals surface area contributed by atoms with E-state index in [4.69, 9.17) is 0 Å². The zero-order valence-corrected chi connectivity index (χ0v) is 16.7. The average molecular weight is 367 g/mol. The number of fused-ring (bicyclic) bond motifs is 7. The summed E-state index contributed by atoms with van der Waals surface area (Å²) in [6.07, 6.45) is 6.12. The zero-order valence-electron chi connectivity index (χ0n) is 16.7. The predicted molar refractivity (Wildman–Crippen MR) is 104 cm³/mol. The van der Waals surface area contributed by atoms with Crippen molar-refractivity contribution >= 4 is 11.6 Å². The minimum absolute atomic E-state index is 0.126. The standard InChI is InChI=1S/C24H30O3/c1-13-8-14-10-19-17-5-4-15-11-16(25)6-7-23(15,2)18(17)12-21(27)24(19,3)22(14)20(26)9-13/h8-9,15,17-19,26H,4-7,10-12H2,1-3H3/t15-,17+,18-,19-,23-,24+/m0/s1. The lowest BCUT2D eigenvalue weighted by molar-refractivity contribution is -0.148.